The number of nitrogens with one attached hydrogen (secondary N) is 1. The van der Waals surface area contributed by atoms with Crippen molar-refractivity contribution in [2.45, 2.75) is 13.5 Å². The van der Waals surface area contributed by atoms with Gasteiger partial charge in [0, 0.05) is 29.9 Å². The first-order chi connectivity index (χ1) is 11.8. The lowest BCUT2D eigenvalue weighted by atomic mass is 10.2. The van der Waals surface area contributed by atoms with E-state index in [0.29, 0.717) is 31.1 Å². The standard InChI is InChI=1S/C17H18N4O2S/c1-2-23-17-14(4-3-7-19-17)16(22)18-8-10-21-9-5-15(20-21)13-6-11-24-12-13/h3-7,9,11-12H,2,8,10H2,1H3,(H,18,22). The first-order valence-corrected chi connectivity index (χ1v) is 8.64. The van der Waals surface area contributed by atoms with Gasteiger partial charge in [0.1, 0.15) is 5.56 Å². The van der Waals surface area contributed by atoms with Crippen molar-refractivity contribution in [1.82, 2.24) is 20.1 Å². The highest BCUT2D eigenvalue weighted by atomic mass is 32.1. The molecule has 0 saturated carbocycles. The fourth-order valence-electron chi connectivity index (χ4n) is 2.24. The third-order valence-electron chi connectivity index (χ3n) is 3.38. The van der Waals surface area contributed by atoms with Crippen molar-refractivity contribution in [1.29, 1.82) is 0 Å². The number of hydrogen-bond acceptors (Lipinski definition) is 5. The molecule has 0 saturated heterocycles. The summed E-state index contributed by atoms with van der Waals surface area (Å²) in [7, 11) is 0. The number of ether oxygens (including phenoxy) is 1. The molecule has 0 spiro atoms. The maximum absolute atomic E-state index is 12.3. The molecule has 0 radical (unpaired) electrons. The zero-order valence-electron chi connectivity index (χ0n) is 13.3. The smallest absolute Gasteiger partial charge is 0.256 e. The van der Waals surface area contributed by atoms with Crippen LogP contribution in [0.25, 0.3) is 11.3 Å². The third-order valence-corrected chi connectivity index (χ3v) is 4.06. The van der Waals surface area contributed by atoms with Crippen molar-refractivity contribution in [3.63, 3.8) is 0 Å². The molecular weight excluding hydrogens is 324 g/mol. The van der Waals surface area contributed by atoms with Crippen molar-refractivity contribution in [2.75, 3.05) is 13.2 Å². The van der Waals surface area contributed by atoms with Crippen LogP contribution in [0.1, 0.15) is 17.3 Å². The monoisotopic (exact) mass is 342 g/mol. The minimum atomic E-state index is -0.197. The number of pyridine rings is 1. The molecule has 3 heterocycles. The number of amides is 1. The molecule has 0 aliphatic carbocycles. The van der Waals surface area contributed by atoms with E-state index in [-0.39, 0.29) is 5.91 Å². The second kappa shape index (κ2) is 7.74. The van der Waals surface area contributed by atoms with Crippen LogP contribution in [0.5, 0.6) is 5.88 Å². The first kappa shape index (κ1) is 16.2. The zero-order chi connectivity index (χ0) is 16.8. The van der Waals surface area contributed by atoms with Crippen molar-refractivity contribution in [2.24, 2.45) is 0 Å². The summed E-state index contributed by atoms with van der Waals surface area (Å²) in [5.41, 5.74) is 2.49. The molecule has 0 bridgehead atoms. The van der Waals surface area contributed by atoms with Crippen LogP contribution in [0.15, 0.2) is 47.4 Å². The minimum Gasteiger partial charge on any atom is -0.477 e. The molecule has 0 aromatic carbocycles. The second-order valence-corrected chi connectivity index (χ2v) is 5.80. The van der Waals surface area contributed by atoms with Crippen LogP contribution in [-0.4, -0.2) is 33.8 Å². The van der Waals surface area contributed by atoms with Gasteiger partial charge in [-0.25, -0.2) is 4.98 Å². The molecule has 3 aromatic rings. The Kier molecular flexibility index (Phi) is 5.22. The van der Waals surface area contributed by atoms with Crippen molar-refractivity contribution in [3.05, 3.63) is 53.0 Å². The van der Waals surface area contributed by atoms with Gasteiger partial charge in [-0.2, -0.15) is 16.4 Å². The zero-order valence-corrected chi connectivity index (χ0v) is 14.1. The predicted octanol–water partition coefficient (Wildman–Crippen LogP) is 2.84. The van der Waals surface area contributed by atoms with Crippen LogP contribution in [0, 0.1) is 0 Å². The van der Waals surface area contributed by atoms with Crippen LogP contribution in [0.3, 0.4) is 0 Å². The number of rotatable bonds is 7. The largest absolute Gasteiger partial charge is 0.477 e. The Morgan fingerprint density at radius 1 is 1.38 bits per heavy atom. The van der Waals surface area contributed by atoms with E-state index in [4.69, 9.17) is 4.74 Å². The summed E-state index contributed by atoms with van der Waals surface area (Å²) >= 11 is 1.64. The van der Waals surface area contributed by atoms with Gasteiger partial charge >= 0.3 is 0 Å². The van der Waals surface area contributed by atoms with Gasteiger partial charge in [0.2, 0.25) is 5.88 Å². The van der Waals surface area contributed by atoms with E-state index >= 15 is 0 Å². The summed E-state index contributed by atoms with van der Waals surface area (Å²) in [6.45, 7) is 3.40. The van der Waals surface area contributed by atoms with Crippen molar-refractivity contribution in [3.8, 4) is 17.1 Å². The number of carbonyl (C=O) groups is 1. The Morgan fingerprint density at radius 2 is 2.29 bits per heavy atom. The van der Waals surface area contributed by atoms with Gasteiger partial charge in [-0.3, -0.25) is 9.48 Å². The average molecular weight is 342 g/mol. The number of carbonyl (C=O) groups excluding carboxylic acids is 1. The van der Waals surface area contributed by atoms with Crippen molar-refractivity contribution < 1.29 is 9.53 Å². The van der Waals surface area contributed by atoms with E-state index in [0.717, 1.165) is 11.3 Å². The lowest BCUT2D eigenvalue weighted by molar-refractivity contribution is 0.0947. The van der Waals surface area contributed by atoms with E-state index in [9.17, 15) is 4.79 Å². The SMILES string of the molecule is CCOc1ncccc1C(=O)NCCn1ccc(-c2ccsc2)n1. The molecule has 0 aliphatic rings. The molecule has 3 rings (SSSR count). The van der Waals surface area contributed by atoms with E-state index in [1.165, 1.54) is 0 Å². The maximum atomic E-state index is 12.3. The molecule has 24 heavy (non-hydrogen) atoms. The van der Waals surface area contributed by atoms with Crippen LogP contribution >= 0.6 is 11.3 Å². The fourth-order valence-corrected chi connectivity index (χ4v) is 2.89. The van der Waals surface area contributed by atoms with Gasteiger partial charge in [-0.1, -0.05) is 0 Å². The number of aromatic nitrogens is 3. The van der Waals surface area contributed by atoms with Crippen molar-refractivity contribution >= 4 is 17.2 Å². The Morgan fingerprint density at radius 3 is 3.08 bits per heavy atom. The summed E-state index contributed by atoms with van der Waals surface area (Å²) < 4.78 is 7.20. The van der Waals surface area contributed by atoms with E-state index < -0.39 is 0 Å². The molecule has 0 aliphatic heterocycles. The molecule has 3 aromatic heterocycles. The van der Waals surface area contributed by atoms with Gasteiger partial charge < -0.3 is 10.1 Å². The second-order valence-electron chi connectivity index (χ2n) is 5.02. The number of hydrogen-bond donors (Lipinski definition) is 1. The Balaban J connectivity index is 1.56. The van der Waals surface area contributed by atoms with Gasteiger partial charge in [0.25, 0.3) is 5.91 Å². The Labute approximate surface area is 144 Å². The molecule has 124 valence electrons. The van der Waals surface area contributed by atoms with E-state index in [1.54, 1.807) is 29.7 Å². The predicted molar refractivity (Wildman–Crippen MR) is 93.3 cm³/mol. The Hall–Kier alpha value is -2.67. The molecule has 0 unspecified atom stereocenters. The van der Waals surface area contributed by atoms with E-state index in [2.05, 4.69) is 20.8 Å². The van der Waals surface area contributed by atoms with E-state index in [1.807, 2.05) is 35.3 Å². The van der Waals surface area contributed by atoms with Gasteiger partial charge in [0.15, 0.2) is 0 Å². The number of thiophene rings is 1. The number of nitrogens with zero attached hydrogens (tertiary/aromatic N) is 3. The van der Waals surface area contributed by atoms with Gasteiger partial charge in [0.05, 0.1) is 18.8 Å². The lowest BCUT2D eigenvalue weighted by Crippen LogP contribution is -2.28. The lowest BCUT2D eigenvalue weighted by Gasteiger charge is -2.09. The maximum Gasteiger partial charge on any atom is 0.256 e. The minimum absolute atomic E-state index is 0.197. The quantitative estimate of drug-likeness (QED) is 0.717. The fraction of sp³-hybridized carbons (Fsp3) is 0.235. The van der Waals surface area contributed by atoms with Crippen LogP contribution < -0.4 is 10.1 Å². The van der Waals surface area contributed by atoms with Crippen LogP contribution in [0.2, 0.25) is 0 Å². The molecule has 7 heteroatoms. The summed E-state index contributed by atoms with van der Waals surface area (Å²) in [4.78, 5) is 16.4. The van der Waals surface area contributed by atoms with Crippen LogP contribution in [0.4, 0.5) is 0 Å². The molecule has 0 atom stereocenters. The van der Waals surface area contributed by atoms with Gasteiger partial charge in [-0.05, 0) is 36.6 Å². The molecule has 6 nitrogen and oxygen atoms in total. The van der Waals surface area contributed by atoms with Gasteiger partial charge in [-0.15, -0.1) is 0 Å². The summed E-state index contributed by atoms with van der Waals surface area (Å²) in [5.74, 6) is 0.160. The normalized spacial score (nSPS) is 10.5. The Bertz CT molecular complexity index is 799. The van der Waals surface area contributed by atoms with Crippen LogP contribution in [-0.2, 0) is 6.54 Å². The summed E-state index contributed by atoms with van der Waals surface area (Å²) in [5, 5.41) is 11.5. The molecule has 0 fully saturated rings. The highest BCUT2D eigenvalue weighted by molar-refractivity contribution is 7.08. The average Bonchev–Trinajstić information content (AvgIpc) is 3.27. The summed E-state index contributed by atoms with van der Waals surface area (Å²) in [6.07, 6.45) is 3.52. The molecular formula is C17H18N4O2S. The molecule has 1 N–H and O–H groups in total. The third kappa shape index (κ3) is 3.80. The highest BCUT2D eigenvalue weighted by Crippen LogP contribution is 2.19. The summed E-state index contributed by atoms with van der Waals surface area (Å²) in [6, 6.07) is 7.43. The first-order valence-electron chi connectivity index (χ1n) is 7.70. The highest BCUT2D eigenvalue weighted by Gasteiger charge is 2.12. The topological polar surface area (TPSA) is 69.0 Å². The molecule has 1 amide bonds.